The van der Waals surface area contributed by atoms with Gasteiger partial charge in [-0.15, -0.1) is 11.8 Å². The highest BCUT2D eigenvalue weighted by Gasteiger charge is 2.26. The van der Waals surface area contributed by atoms with E-state index in [4.69, 9.17) is 4.74 Å². The Balaban J connectivity index is 1.66. The van der Waals surface area contributed by atoms with E-state index in [2.05, 4.69) is 24.4 Å². The number of nitrogens with zero attached hydrogens (tertiary/aromatic N) is 1. The van der Waals surface area contributed by atoms with E-state index >= 15 is 0 Å². The van der Waals surface area contributed by atoms with Gasteiger partial charge in [0.05, 0.1) is 23.9 Å². The fraction of sp³-hybridized carbons (Fsp3) is 0.381. The number of hydrogen-bond donors (Lipinski definition) is 1. The number of benzene rings is 2. The molecule has 1 heterocycles. The van der Waals surface area contributed by atoms with Gasteiger partial charge in [-0.3, -0.25) is 4.79 Å². The first-order valence-corrected chi connectivity index (χ1v) is 11.9. The molecule has 0 atom stereocenters. The van der Waals surface area contributed by atoms with Crippen LogP contribution in [0.3, 0.4) is 0 Å². The molecule has 1 saturated heterocycles. The van der Waals surface area contributed by atoms with Crippen LogP contribution in [0, 0.1) is 20.8 Å². The van der Waals surface area contributed by atoms with E-state index in [9.17, 15) is 13.2 Å². The van der Waals surface area contributed by atoms with Crippen molar-refractivity contribution >= 4 is 33.4 Å². The number of nitrogens with one attached hydrogen (secondary N) is 1. The summed E-state index contributed by atoms with van der Waals surface area (Å²) in [4.78, 5) is 13.7. The van der Waals surface area contributed by atoms with E-state index < -0.39 is 10.0 Å². The highest BCUT2D eigenvalue weighted by molar-refractivity contribution is 8.00. The minimum absolute atomic E-state index is 0.171. The third-order valence-corrected chi connectivity index (χ3v) is 7.91. The van der Waals surface area contributed by atoms with Crippen LogP contribution in [-0.2, 0) is 19.6 Å². The third kappa shape index (κ3) is 5.39. The van der Waals surface area contributed by atoms with Crippen LogP contribution >= 0.6 is 11.8 Å². The van der Waals surface area contributed by atoms with Crippen molar-refractivity contribution in [2.24, 2.45) is 0 Å². The number of sulfonamides is 1. The number of ether oxygens (including phenoxy) is 1. The number of morpholine rings is 1. The van der Waals surface area contributed by atoms with Crippen LogP contribution in [0.1, 0.15) is 16.7 Å². The molecule has 2 aromatic carbocycles. The van der Waals surface area contributed by atoms with Crippen molar-refractivity contribution < 1.29 is 17.9 Å². The lowest BCUT2D eigenvalue weighted by atomic mass is 10.1. The molecule has 3 rings (SSSR count). The second-order valence-corrected chi connectivity index (χ2v) is 10.0. The number of carbonyl (C=O) groups excluding carboxylic acids is 1. The molecular weight excluding hydrogens is 408 g/mol. The normalized spacial score (nSPS) is 15.3. The lowest BCUT2D eigenvalue weighted by Gasteiger charge is -2.26. The van der Waals surface area contributed by atoms with Gasteiger partial charge in [-0.1, -0.05) is 23.8 Å². The smallest absolute Gasteiger partial charge is 0.243 e. The fourth-order valence-electron chi connectivity index (χ4n) is 3.40. The molecule has 1 aliphatic rings. The first-order chi connectivity index (χ1) is 13.8. The summed E-state index contributed by atoms with van der Waals surface area (Å²) in [6.07, 6.45) is 0. The number of hydrogen-bond acceptors (Lipinski definition) is 5. The van der Waals surface area contributed by atoms with Gasteiger partial charge in [0.2, 0.25) is 15.9 Å². The maximum absolute atomic E-state index is 12.8. The number of anilines is 1. The molecule has 6 nitrogen and oxygen atoms in total. The number of rotatable bonds is 6. The quantitative estimate of drug-likeness (QED) is 0.706. The van der Waals surface area contributed by atoms with E-state index in [1.807, 2.05) is 13.8 Å². The number of carbonyl (C=O) groups is 1. The SMILES string of the molecule is Cc1cc(C)c(SCC(=O)Nc2cccc(S(=O)(=O)N3CCOCC3)c2)c(C)c1. The van der Waals surface area contributed by atoms with Crippen LogP contribution < -0.4 is 5.32 Å². The van der Waals surface area contributed by atoms with Crippen LogP contribution in [-0.4, -0.2) is 50.7 Å². The van der Waals surface area contributed by atoms with E-state index in [1.54, 1.807) is 18.2 Å². The van der Waals surface area contributed by atoms with E-state index in [0.29, 0.717) is 32.0 Å². The summed E-state index contributed by atoms with van der Waals surface area (Å²) in [6, 6.07) is 10.6. The Kier molecular flexibility index (Phi) is 7.00. The van der Waals surface area contributed by atoms with Crippen molar-refractivity contribution in [1.82, 2.24) is 4.31 Å². The van der Waals surface area contributed by atoms with Gasteiger partial charge in [0.25, 0.3) is 0 Å². The minimum Gasteiger partial charge on any atom is -0.379 e. The molecule has 156 valence electrons. The maximum atomic E-state index is 12.8. The van der Waals surface area contributed by atoms with Crippen molar-refractivity contribution in [3.63, 3.8) is 0 Å². The topological polar surface area (TPSA) is 75.7 Å². The van der Waals surface area contributed by atoms with Gasteiger partial charge in [-0.2, -0.15) is 4.31 Å². The zero-order valence-corrected chi connectivity index (χ0v) is 18.5. The Labute approximate surface area is 176 Å². The second kappa shape index (κ2) is 9.30. The molecule has 1 aliphatic heterocycles. The zero-order chi connectivity index (χ0) is 21.0. The molecule has 0 bridgehead atoms. The van der Waals surface area contributed by atoms with Gasteiger partial charge in [0, 0.05) is 23.7 Å². The third-order valence-electron chi connectivity index (χ3n) is 4.68. The predicted octanol–water partition coefficient (Wildman–Crippen LogP) is 3.36. The molecule has 0 aliphatic carbocycles. The largest absolute Gasteiger partial charge is 0.379 e. The molecule has 0 spiro atoms. The predicted molar refractivity (Wildman–Crippen MR) is 116 cm³/mol. The highest BCUT2D eigenvalue weighted by Crippen LogP contribution is 2.28. The fourth-order valence-corrected chi connectivity index (χ4v) is 5.77. The Morgan fingerprint density at radius 1 is 1.10 bits per heavy atom. The van der Waals surface area contributed by atoms with Gasteiger partial charge < -0.3 is 10.1 Å². The molecule has 0 radical (unpaired) electrons. The maximum Gasteiger partial charge on any atom is 0.243 e. The van der Waals surface area contributed by atoms with Crippen molar-refractivity contribution in [2.45, 2.75) is 30.6 Å². The zero-order valence-electron chi connectivity index (χ0n) is 16.9. The molecule has 1 amide bonds. The van der Waals surface area contributed by atoms with Gasteiger partial charge in [-0.05, 0) is 50.1 Å². The average Bonchev–Trinajstić information content (AvgIpc) is 2.68. The summed E-state index contributed by atoms with van der Waals surface area (Å²) in [5, 5.41) is 2.81. The van der Waals surface area contributed by atoms with Crippen LogP contribution in [0.15, 0.2) is 46.2 Å². The van der Waals surface area contributed by atoms with Gasteiger partial charge in [0.1, 0.15) is 0 Å². The standard InChI is InChI=1S/C21H26N2O4S2/c1-15-11-16(2)21(17(3)12-15)28-14-20(24)22-18-5-4-6-19(13-18)29(25,26)23-7-9-27-10-8-23/h4-6,11-13H,7-10,14H2,1-3H3,(H,22,24). The Morgan fingerprint density at radius 3 is 2.41 bits per heavy atom. The van der Waals surface area contributed by atoms with E-state index in [0.717, 1.165) is 16.0 Å². The molecule has 8 heteroatoms. The summed E-state index contributed by atoms with van der Waals surface area (Å²) in [7, 11) is -3.59. The minimum atomic E-state index is -3.59. The number of aryl methyl sites for hydroxylation is 3. The lowest BCUT2D eigenvalue weighted by molar-refractivity contribution is -0.113. The molecule has 29 heavy (non-hydrogen) atoms. The van der Waals surface area contributed by atoms with Crippen molar-refractivity contribution in [3.8, 4) is 0 Å². The first kappa shape index (κ1) is 21.8. The van der Waals surface area contributed by atoms with Crippen LogP contribution in [0.2, 0.25) is 0 Å². The van der Waals surface area contributed by atoms with Crippen LogP contribution in [0.25, 0.3) is 0 Å². The van der Waals surface area contributed by atoms with Crippen molar-refractivity contribution in [1.29, 1.82) is 0 Å². The number of amides is 1. The van der Waals surface area contributed by atoms with Gasteiger partial charge >= 0.3 is 0 Å². The Bertz CT molecular complexity index is 976. The van der Waals surface area contributed by atoms with Crippen LogP contribution in [0.5, 0.6) is 0 Å². The molecule has 2 aromatic rings. The number of thioether (sulfide) groups is 1. The molecular formula is C21H26N2O4S2. The van der Waals surface area contributed by atoms with Crippen LogP contribution in [0.4, 0.5) is 5.69 Å². The summed E-state index contributed by atoms with van der Waals surface area (Å²) in [5.74, 6) is 0.0841. The lowest BCUT2D eigenvalue weighted by Crippen LogP contribution is -2.40. The highest BCUT2D eigenvalue weighted by atomic mass is 32.2. The first-order valence-electron chi connectivity index (χ1n) is 9.46. The Hall–Kier alpha value is -1.87. The summed E-state index contributed by atoms with van der Waals surface area (Å²) in [5.41, 5.74) is 3.98. The molecule has 0 saturated carbocycles. The van der Waals surface area contributed by atoms with Gasteiger partial charge in [-0.25, -0.2) is 8.42 Å². The molecule has 1 N–H and O–H groups in total. The average molecular weight is 435 g/mol. The molecule has 0 aromatic heterocycles. The van der Waals surface area contributed by atoms with Gasteiger partial charge in [0.15, 0.2) is 0 Å². The van der Waals surface area contributed by atoms with Crippen molar-refractivity contribution in [3.05, 3.63) is 53.1 Å². The summed E-state index contributed by atoms with van der Waals surface area (Å²) >= 11 is 1.49. The second-order valence-electron chi connectivity index (χ2n) is 7.11. The van der Waals surface area contributed by atoms with E-state index in [1.165, 1.54) is 27.7 Å². The van der Waals surface area contributed by atoms with E-state index in [-0.39, 0.29) is 16.6 Å². The van der Waals surface area contributed by atoms with Crippen molar-refractivity contribution in [2.75, 3.05) is 37.4 Å². The monoisotopic (exact) mass is 434 g/mol. The summed E-state index contributed by atoms with van der Waals surface area (Å²) < 4.78 is 32.2. The molecule has 0 unspecified atom stereocenters. The summed E-state index contributed by atoms with van der Waals surface area (Å²) in [6.45, 7) is 7.60. The molecule has 1 fully saturated rings. The Morgan fingerprint density at radius 2 is 1.76 bits per heavy atom.